The van der Waals surface area contributed by atoms with Gasteiger partial charge in [0.1, 0.15) is 11.6 Å². The number of nitrogens with one attached hydrogen (secondary N) is 2. The van der Waals surface area contributed by atoms with Crippen molar-refractivity contribution < 1.29 is 0 Å². The van der Waals surface area contributed by atoms with E-state index in [0.717, 1.165) is 50.1 Å². The van der Waals surface area contributed by atoms with Crippen molar-refractivity contribution in [3.63, 3.8) is 0 Å². The fourth-order valence-corrected chi connectivity index (χ4v) is 2.92. The fraction of sp³-hybridized carbons (Fsp3) is 0.625. The van der Waals surface area contributed by atoms with Crippen LogP contribution in [0.25, 0.3) is 0 Å². The first-order valence-corrected chi connectivity index (χ1v) is 8.58. The van der Waals surface area contributed by atoms with Gasteiger partial charge in [0, 0.05) is 25.2 Å². The van der Waals surface area contributed by atoms with Gasteiger partial charge in [0.15, 0.2) is 5.96 Å². The predicted molar refractivity (Wildman–Crippen MR) is 108 cm³/mol. The zero-order valence-electron chi connectivity index (χ0n) is 15.1. The molecule has 2 aromatic heterocycles. The van der Waals surface area contributed by atoms with Crippen molar-refractivity contribution in [1.82, 2.24) is 35.2 Å². The van der Waals surface area contributed by atoms with Gasteiger partial charge in [-0.1, -0.05) is 0 Å². The summed E-state index contributed by atoms with van der Waals surface area (Å²) in [4.78, 5) is 9.12. The smallest absolute Gasteiger partial charge is 0.191 e. The Hall–Kier alpha value is -1.65. The molecule has 0 spiro atoms. The van der Waals surface area contributed by atoms with E-state index in [0.29, 0.717) is 12.6 Å². The highest BCUT2D eigenvalue weighted by atomic mass is 127. The lowest BCUT2D eigenvalue weighted by molar-refractivity contribution is 0.392. The summed E-state index contributed by atoms with van der Waals surface area (Å²) in [5, 5.41) is 15.6. The molecule has 0 amide bonds. The van der Waals surface area contributed by atoms with Gasteiger partial charge in [0.05, 0.1) is 25.8 Å². The number of fused-ring (bicyclic) bond motifs is 1. The zero-order chi connectivity index (χ0) is 16.9. The third kappa shape index (κ3) is 5.41. The van der Waals surface area contributed by atoms with Crippen molar-refractivity contribution >= 4 is 29.9 Å². The maximum atomic E-state index is 4.66. The highest BCUT2D eigenvalue weighted by Gasteiger charge is 2.21. The molecule has 0 aliphatic carbocycles. The average Bonchev–Trinajstić information content (AvgIpc) is 3.11. The SMILES string of the molecule is CCNC(=NCCn1cc(C)cn1)NC1CCc2nc(C)nn2C1.I. The molecule has 9 heteroatoms. The Bertz CT molecular complexity index is 705. The maximum Gasteiger partial charge on any atom is 0.191 e. The first kappa shape index (κ1) is 19.7. The number of aryl methyl sites for hydroxylation is 3. The molecule has 0 bridgehead atoms. The van der Waals surface area contributed by atoms with Crippen LogP contribution in [-0.4, -0.2) is 49.6 Å². The summed E-state index contributed by atoms with van der Waals surface area (Å²) in [6.45, 7) is 9.20. The Morgan fingerprint density at radius 1 is 1.40 bits per heavy atom. The monoisotopic (exact) mass is 458 g/mol. The summed E-state index contributed by atoms with van der Waals surface area (Å²) in [5.74, 6) is 2.79. The second-order valence-electron chi connectivity index (χ2n) is 6.18. The summed E-state index contributed by atoms with van der Waals surface area (Å²) in [7, 11) is 0. The van der Waals surface area contributed by atoms with Gasteiger partial charge in [-0.25, -0.2) is 9.67 Å². The quantitative estimate of drug-likeness (QED) is 0.401. The molecular weight excluding hydrogens is 431 g/mol. The fourth-order valence-electron chi connectivity index (χ4n) is 2.92. The number of aromatic nitrogens is 5. The van der Waals surface area contributed by atoms with Crippen molar-refractivity contribution in [1.29, 1.82) is 0 Å². The normalized spacial score (nSPS) is 16.9. The Kier molecular flexibility index (Phi) is 7.21. The predicted octanol–water partition coefficient (Wildman–Crippen LogP) is 1.28. The largest absolute Gasteiger partial charge is 0.357 e. The Morgan fingerprint density at radius 2 is 2.24 bits per heavy atom. The molecule has 3 heterocycles. The number of hydrogen-bond acceptors (Lipinski definition) is 4. The van der Waals surface area contributed by atoms with Gasteiger partial charge in [0.25, 0.3) is 0 Å². The van der Waals surface area contributed by atoms with Crippen LogP contribution in [0.4, 0.5) is 0 Å². The third-order valence-electron chi connectivity index (χ3n) is 4.01. The van der Waals surface area contributed by atoms with Crippen LogP contribution in [0.15, 0.2) is 17.4 Å². The highest BCUT2D eigenvalue weighted by Crippen LogP contribution is 2.12. The standard InChI is InChI=1S/C16H26N8.HI/c1-4-17-16(18-7-8-23-10-12(2)9-19-23)21-14-5-6-15-20-13(3)22-24(15)11-14;/h9-10,14H,4-8,11H2,1-3H3,(H2,17,18,21);1H. The number of hydrogen-bond donors (Lipinski definition) is 2. The minimum atomic E-state index is 0. The third-order valence-corrected chi connectivity index (χ3v) is 4.01. The van der Waals surface area contributed by atoms with Gasteiger partial charge >= 0.3 is 0 Å². The molecular formula is C16H27IN8. The Morgan fingerprint density at radius 3 is 2.96 bits per heavy atom. The Balaban J connectivity index is 0.00000225. The van der Waals surface area contributed by atoms with Crippen LogP contribution in [0.3, 0.4) is 0 Å². The molecule has 8 nitrogen and oxygen atoms in total. The first-order chi connectivity index (χ1) is 11.6. The van der Waals surface area contributed by atoms with Gasteiger partial charge in [-0.05, 0) is 32.8 Å². The van der Waals surface area contributed by atoms with E-state index in [9.17, 15) is 0 Å². The van der Waals surface area contributed by atoms with Crippen LogP contribution >= 0.6 is 24.0 Å². The average molecular weight is 458 g/mol. The van der Waals surface area contributed by atoms with Crippen molar-refractivity contribution in [3.8, 4) is 0 Å². The van der Waals surface area contributed by atoms with E-state index >= 15 is 0 Å². The molecule has 2 aromatic rings. The van der Waals surface area contributed by atoms with E-state index in [1.54, 1.807) is 0 Å². The molecule has 1 atom stereocenters. The van der Waals surface area contributed by atoms with Gasteiger partial charge < -0.3 is 10.6 Å². The topological polar surface area (TPSA) is 84.9 Å². The van der Waals surface area contributed by atoms with Gasteiger partial charge in [-0.3, -0.25) is 9.67 Å². The van der Waals surface area contributed by atoms with Crippen LogP contribution in [0.1, 0.15) is 30.6 Å². The molecule has 25 heavy (non-hydrogen) atoms. The molecule has 0 saturated heterocycles. The van der Waals surface area contributed by atoms with Gasteiger partial charge in [-0.15, -0.1) is 24.0 Å². The van der Waals surface area contributed by atoms with E-state index in [-0.39, 0.29) is 24.0 Å². The summed E-state index contributed by atoms with van der Waals surface area (Å²) in [6, 6.07) is 0.323. The molecule has 2 N–H and O–H groups in total. The van der Waals surface area contributed by atoms with E-state index in [4.69, 9.17) is 0 Å². The molecule has 1 aliphatic heterocycles. The maximum absolute atomic E-state index is 4.66. The van der Waals surface area contributed by atoms with Crippen LogP contribution in [0.5, 0.6) is 0 Å². The number of aliphatic imine (C=N–C) groups is 1. The lowest BCUT2D eigenvalue weighted by Crippen LogP contribution is -2.47. The van der Waals surface area contributed by atoms with E-state index in [1.165, 1.54) is 5.56 Å². The number of guanidine groups is 1. The minimum absolute atomic E-state index is 0. The second kappa shape index (κ2) is 9.16. The van der Waals surface area contributed by atoms with Crippen molar-refractivity contribution in [2.24, 2.45) is 4.99 Å². The first-order valence-electron chi connectivity index (χ1n) is 8.58. The summed E-state index contributed by atoms with van der Waals surface area (Å²) >= 11 is 0. The van der Waals surface area contributed by atoms with E-state index < -0.39 is 0 Å². The lowest BCUT2D eigenvalue weighted by Gasteiger charge is -2.25. The summed E-state index contributed by atoms with van der Waals surface area (Å²) < 4.78 is 3.93. The molecule has 1 unspecified atom stereocenters. The van der Waals surface area contributed by atoms with Crippen molar-refractivity contribution in [2.45, 2.75) is 52.7 Å². The highest BCUT2D eigenvalue weighted by molar-refractivity contribution is 14.0. The van der Waals surface area contributed by atoms with Crippen molar-refractivity contribution in [2.75, 3.05) is 13.1 Å². The molecule has 1 aliphatic rings. The summed E-state index contributed by atoms with van der Waals surface area (Å²) in [5.41, 5.74) is 1.17. The van der Waals surface area contributed by atoms with E-state index in [2.05, 4.69) is 37.7 Å². The number of halogens is 1. The zero-order valence-corrected chi connectivity index (χ0v) is 17.4. The minimum Gasteiger partial charge on any atom is -0.357 e. The molecule has 0 fully saturated rings. The molecule has 0 radical (unpaired) electrons. The lowest BCUT2D eigenvalue weighted by atomic mass is 10.1. The van der Waals surface area contributed by atoms with Gasteiger partial charge in [0.2, 0.25) is 0 Å². The van der Waals surface area contributed by atoms with Crippen LogP contribution in [-0.2, 0) is 19.5 Å². The second-order valence-corrected chi connectivity index (χ2v) is 6.18. The molecule has 138 valence electrons. The van der Waals surface area contributed by atoms with Crippen LogP contribution in [0, 0.1) is 13.8 Å². The molecule has 0 saturated carbocycles. The summed E-state index contributed by atoms with van der Waals surface area (Å²) in [6.07, 6.45) is 5.89. The molecule has 0 aromatic carbocycles. The number of nitrogens with zero attached hydrogens (tertiary/aromatic N) is 6. The number of rotatable bonds is 5. The molecule has 3 rings (SSSR count). The van der Waals surface area contributed by atoms with Gasteiger partial charge in [-0.2, -0.15) is 10.2 Å². The van der Waals surface area contributed by atoms with Crippen LogP contribution < -0.4 is 10.6 Å². The van der Waals surface area contributed by atoms with Crippen molar-refractivity contribution in [3.05, 3.63) is 29.6 Å². The van der Waals surface area contributed by atoms with Crippen LogP contribution in [0.2, 0.25) is 0 Å². The Labute approximate surface area is 165 Å². The van der Waals surface area contributed by atoms with E-state index in [1.807, 2.05) is 35.6 Å².